The van der Waals surface area contributed by atoms with Crippen molar-refractivity contribution in [3.63, 3.8) is 0 Å². The number of aliphatic imine (C=N–C) groups is 1. The number of hydrogen-bond donors (Lipinski definition) is 5. The maximum absolute atomic E-state index is 13.3. The van der Waals surface area contributed by atoms with Crippen molar-refractivity contribution in [3.05, 3.63) is 59.2 Å². The highest BCUT2D eigenvalue weighted by Crippen LogP contribution is 2.45. The molecule has 0 aliphatic carbocycles. The lowest BCUT2D eigenvalue weighted by atomic mass is 9.96. The van der Waals surface area contributed by atoms with E-state index < -0.39 is 12.2 Å². The summed E-state index contributed by atoms with van der Waals surface area (Å²) in [4.78, 5) is 17.6. The molecule has 0 spiro atoms. The topological polar surface area (TPSA) is 128 Å². The Hall–Kier alpha value is -4.41. The SMILES string of the molecule is O=C1NCc2c1c1c3cc(/C=N/NC4=NCCN4)ccc3n3c1c1c2c2ccccc2n1CC(O)C(O)C3. The third-order valence-corrected chi connectivity index (χ3v) is 8.03. The normalized spacial score (nSPS) is 20.9. The number of nitrogens with zero attached hydrogens (tertiary/aromatic N) is 4. The summed E-state index contributed by atoms with van der Waals surface area (Å²) in [5.74, 6) is 0.557. The number of nitrogens with one attached hydrogen (secondary N) is 3. The second-order valence-corrected chi connectivity index (χ2v) is 10.2. The zero-order chi connectivity index (χ0) is 25.5. The second kappa shape index (κ2) is 7.80. The number of carbonyl (C=O) groups is 1. The van der Waals surface area contributed by atoms with Gasteiger partial charge in [-0.2, -0.15) is 5.10 Å². The number of fused-ring (bicyclic) bond motifs is 9. The molecule has 0 radical (unpaired) electrons. The number of benzene rings is 3. The Labute approximate surface area is 216 Å². The van der Waals surface area contributed by atoms with Crippen LogP contribution in [0.25, 0.3) is 43.6 Å². The molecule has 10 heteroatoms. The number of carbonyl (C=O) groups excluding carboxylic acids is 1. The van der Waals surface area contributed by atoms with Crippen LogP contribution < -0.4 is 16.1 Å². The minimum Gasteiger partial charge on any atom is -0.388 e. The van der Waals surface area contributed by atoms with E-state index in [4.69, 9.17) is 0 Å². The zero-order valence-corrected chi connectivity index (χ0v) is 20.4. The second-order valence-electron chi connectivity index (χ2n) is 10.2. The molecule has 5 heterocycles. The maximum atomic E-state index is 13.3. The lowest BCUT2D eigenvalue weighted by Crippen LogP contribution is -2.35. The molecule has 0 saturated carbocycles. The lowest BCUT2D eigenvalue weighted by Gasteiger charge is -2.24. The molecule has 5 aromatic rings. The highest BCUT2D eigenvalue weighted by molar-refractivity contribution is 6.31. The van der Waals surface area contributed by atoms with Gasteiger partial charge in [-0.25, -0.2) is 10.4 Å². The van der Waals surface area contributed by atoms with Gasteiger partial charge >= 0.3 is 0 Å². The van der Waals surface area contributed by atoms with Gasteiger partial charge in [0.1, 0.15) is 0 Å². The highest BCUT2D eigenvalue weighted by atomic mass is 16.3. The summed E-state index contributed by atoms with van der Waals surface area (Å²) in [7, 11) is 0. The number of hydrogen-bond acceptors (Lipinski definition) is 7. The van der Waals surface area contributed by atoms with Gasteiger partial charge in [-0.15, -0.1) is 0 Å². The predicted octanol–water partition coefficient (Wildman–Crippen LogP) is 1.76. The van der Waals surface area contributed by atoms with Gasteiger partial charge in [0, 0.05) is 45.7 Å². The van der Waals surface area contributed by atoms with Gasteiger partial charge in [-0.3, -0.25) is 4.79 Å². The summed E-state index contributed by atoms with van der Waals surface area (Å²) in [5.41, 5.74) is 9.23. The number of aliphatic hydroxyl groups excluding tert-OH is 2. The fourth-order valence-corrected chi connectivity index (χ4v) is 6.40. The number of amides is 1. The van der Waals surface area contributed by atoms with Crippen LogP contribution in [0.1, 0.15) is 21.5 Å². The van der Waals surface area contributed by atoms with Crippen molar-refractivity contribution in [2.24, 2.45) is 10.1 Å². The number of para-hydroxylation sites is 1. The van der Waals surface area contributed by atoms with Crippen molar-refractivity contribution in [2.45, 2.75) is 31.8 Å². The molecule has 2 unspecified atom stereocenters. The standard InChI is InChI=1S/C28H25N7O3/c36-20-12-34-18-4-2-1-3-15(18)22-17-11-31-27(38)24(17)23-16-9-14(10-32-33-28-29-7-8-30-28)5-6-19(16)35(13-21(20)37)26(23)25(22)34/h1-6,9-10,20-21,36-37H,7-8,11-13H2,(H,31,38)(H2,29,30,33)/b32-10+. The van der Waals surface area contributed by atoms with Crippen LogP contribution >= 0.6 is 0 Å². The van der Waals surface area contributed by atoms with Crippen molar-refractivity contribution in [1.82, 2.24) is 25.2 Å². The van der Waals surface area contributed by atoms with E-state index in [0.717, 1.165) is 67.8 Å². The van der Waals surface area contributed by atoms with Crippen molar-refractivity contribution in [1.29, 1.82) is 0 Å². The Morgan fingerprint density at radius 1 is 0.974 bits per heavy atom. The number of guanidine groups is 1. The first-order valence-corrected chi connectivity index (χ1v) is 12.8. The molecule has 2 aromatic heterocycles. The molecule has 0 fully saturated rings. The van der Waals surface area contributed by atoms with Crippen LogP contribution in [-0.4, -0.2) is 62.7 Å². The average Bonchev–Trinajstić information content (AvgIpc) is 3.69. The molecule has 3 aliphatic rings. The molecule has 3 aliphatic heterocycles. The van der Waals surface area contributed by atoms with Crippen molar-refractivity contribution >= 4 is 61.7 Å². The third-order valence-electron chi connectivity index (χ3n) is 8.03. The quantitative estimate of drug-likeness (QED) is 0.184. The van der Waals surface area contributed by atoms with E-state index in [1.54, 1.807) is 6.21 Å². The minimum absolute atomic E-state index is 0.0912. The first-order chi connectivity index (χ1) is 18.6. The Morgan fingerprint density at radius 3 is 2.53 bits per heavy atom. The van der Waals surface area contributed by atoms with E-state index in [9.17, 15) is 15.0 Å². The van der Waals surface area contributed by atoms with Gasteiger partial charge in [0.25, 0.3) is 5.91 Å². The van der Waals surface area contributed by atoms with Gasteiger partial charge in [0.2, 0.25) is 5.96 Å². The average molecular weight is 508 g/mol. The van der Waals surface area contributed by atoms with Crippen LogP contribution in [-0.2, 0) is 19.6 Å². The smallest absolute Gasteiger partial charge is 0.252 e. The molecule has 10 nitrogen and oxygen atoms in total. The fourth-order valence-electron chi connectivity index (χ4n) is 6.40. The van der Waals surface area contributed by atoms with E-state index in [1.807, 2.05) is 36.4 Å². The molecule has 0 saturated heterocycles. The van der Waals surface area contributed by atoms with Crippen molar-refractivity contribution in [3.8, 4) is 0 Å². The Morgan fingerprint density at radius 2 is 1.74 bits per heavy atom. The van der Waals surface area contributed by atoms with Crippen LogP contribution in [0, 0.1) is 0 Å². The summed E-state index contributed by atoms with van der Waals surface area (Å²) in [5, 5.41) is 36.4. The summed E-state index contributed by atoms with van der Waals surface area (Å²) in [6.45, 7) is 2.46. The molecule has 3 aromatic carbocycles. The number of rotatable bonds is 2. The molecule has 190 valence electrons. The first kappa shape index (κ1) is 21.7. The molecule has 5 N–H and O–H groups in total. The summed E-state index contributed by atoms with van der Waals surface area (Å²) < 4.78 is 4.18. The van der Waals surface area contributed by atoms with Crippen LogP contribution in [0.3, 0.4) is 0 Å². The van der Waals surface area contributed by atoms with Gasteiger partial charge < -0.3 is 30.0 Å². The number of aliphatic hydroxyl groups is 2. The van der Waals surface area contributed by atoms with E-state index >= 15 is 0 Å². The largest absolute Gasteiger partial charge is 0.388 e. The Balaban J connectivity index is 1.48. The molecular weight excluding hydrogens is 482 g/mol. The lowest BCUT2D eigenvalue weighted by molar-refractivity contribution is 0.00168. The fraction of sp³-hybridized carbons (Fsp3) is 0.250. The van der Waals surface area contributed by atoms with Crippen LogP contribution in [0.5, 0.6) is 0 Å². The maximum Gasteiger partial charge on any atom is 0.252 e. The monoisotopic (exact) mass is 507 g/mol. The summed E-state index contributed by atoms with van der Waals surface area (Å²) in [6, 6.07) is 14.1. The zero-order valence-electron chi connectivity index (χ0n) is 20.4. The van der Waals surface area contributed by atoms with E-state index in [-0.39, 0.29) is 19.0 Å². The third kappa shape index (κ3) is 2.86. The van der Waals surface area contributed by atoms with Crippen LogP contribution in [0.4, 0.5) is 0 Å². The predicted molar refractivity (Wildman–Crippen MR) is 147 cm³/mol. The minimum atomic E-state index is -0.967. The summed E-state index contributed by atoms with van der Waals surface area (Å²) in [6.07, 6.45) is -0.171. The Kier molecular flexibility index (Phi) is 4.44. The van der Waals surface area contributed by atoms with Gasteiger partial charge in [0.05, 0.1) is 54.7 Å². The number of hydrazone groups is 1. The molecular formula is C28H25N7O3. The van der Waals surface area contributed by atoms with Gasteiger partial charge in [0.15, 0.2) is 0 Å². The molecule has 38 heavy (non-hydrogen) atoms. The number of aromatic nitrogens is 2. The van der Waals surface area contributed by atoms with Crippen molar-refractivity contribution in [2.75, 3.05) is 13.1 Å². The van der Waals surface area contributed by atoms with E-state index in [2.05, 4.69) is 41.4 Å². The molecule has 0 bridgehead atoms. The first-order valence-electron chi connectivity index (χ1n) is 12.8. The van der Waals surface area contributed by atoms with E-state index in [1.165, 1.54) is 0 Å². The highest BCUT2D eigenvalue weighted by Gasteiger charge is 2.34. The molecule has 1 amide bonds. The van der Waals surface area contributed by atoms with Crippen LogP contribution in [0.2, 0.25) is 0 Å². The van der Waals surface area contributed by atoms with E-state index in [0.29, 0.717) is 18.1 Å². The van der Waals surface area contributed by atoms with Crippen LogP contribution in [0.15, 0.2) is 52.6 Å². The molecule has 2 atom stereocenters. The molecule has 8 rings (SSSR count). The summed E-state index contributed by atoms with van der Waals surface area (Å²) >= 11 is 0. The van der Waals surface area contributed by atoms with Gasteiger partial charge in [-0.1, -0.05) is 24.3 Å². The Bertz CT molecular complexity index is 1900. The van der Waals surface area contributed by atoms with Gasteiger partial charge in [-0.05, 0) is 29.3 Å². The van der Waals surface area contributed by atoms with Crippen molar-refractivity contribution < 1.29 is 15.0 Å².